The zero-order chi connectivity index (χ0) is 47.9. The fourth-order valence-electron chi connectivity index (χ4n) is 7.22. The summed E-state index contributed by atoms with van der Waals surface area (Å²) >= 11 is 0. The summed E-state index contributed by atoms with van der Waals surface area (Å²) in [6.45, 7) is 9.71. The third-order valence-corrected chi connectivity index (χ3v) is 10.4. The van der Waals surface area contributed by atoms with Crippen LogP contribution in [0.4, 0.5) is 10.6 Å². The number of rotatable bonds is 27. The number of azide groups is 1. The second-order valence-electron chi connectivity index (χ2n) is 16.6. The highest BCUT2D eigenvalue weighted by Crippen LogP contribution is 2.35. The first-order valence-electron chi connectivity index (χ1n) is 22.6. The average molecular weight is 926 g/mol. The molecule has 67 heavy (non-hydrogen) atoms. The first-order valence-corrected chi connectivity index (χ1v) is 22.6. The maximum atomic E-state index is 13.1. The second kappa shape index (κ2) is 27.4. The number of methoxy groups -OCH3 is 1. The first-order chi connectivity index (χ1) is 32.5. The number of benzene rings is 3. The van der Waals surface area contributed by atoms with Crippen molar-refractivity contribution < 1.29 is 52.3 Å². The third kappa shape index (κ3) is 17.5. The largest absolute Gasteiger partial charge is 0.491 e. The van der Waals surface area contributed by atoms with Gasteiger partial charge in [-0.1, -0.05) is 65.8 Å². The summed E-state index contributed by atoms with van der Waals surface area (Å²) in [5.74, 6) is 0.0795. The Balaban J connectivity index is 1.06. The number of nitrogens with zero attached hydrogens (tertiary/aromatic N) is 5. The van der Waals surface area contributed by atoms with Crippen LogP contribution in [0.1, 0.15) is 69.3 Å². The molecule has 0 bridgehead atoms. The number of aromatic nitrogens is 1. The Morgan fingerprint density at radius 1 is 0.821 bits per heavy atom. The smallest absolute Gasteiger partial charge is 0.416 e. The van der Waals surface area contributed by atoms with Crippen LogP contribution < -0.4 is 20.3 Å². The van der Waals surface area contributed by atoms with Gasteiger partial charge in [-0.2, -0.15) is 0 Å². The summed E-state index contributed by atoms with van der Waals surface area (Å²) in [7, 11) is 1.29. The van der Waals surface area contributed by atoms with E-state index in [4.69, 9.17) is 43.7 Å². The monoisotopic (exact) mass is 925 g/mol. The Bertz CT molecular complexity index is 2280. The van der Waals surface area contributed by atoms with E-state index in [0.29, 0.717) is 96.8 Å². The minimum Gasteiger partial charge on any atom is -0.491 e. The molecule has 0 saturated heterocycles. The zero-order valence-electron chi connectivity index (χ0n) is 39.0. The van der Waals surface area contributed by atoms with E-state index in [0.717, 1.165) is 51.7 Å². The normalized spacial score (nSPS) is 12.7. The van der Waals surface area contributed by atoms with Crippen LogP contribution in [0.3, 0.4) is 0 Å². The lowest BCUT2D eigenvalue weighted by atomic mass is 9.95. The molecule has 0 unspecified atom stereocenters. The van der Waals surface area contributed by atoms with Crippen molar-refractivity contribution in [3.05, 3.63) is 100 Å². The summed E-state index contributed by atoms with van der Waals surface area (Å²) in [6, 6.07) is 22.7. The van der Waals surface area contributed by atoms with E-state index in [1.165, 1.54) is 7.11 Å². The van der Waals surface area contributed by atoms with Gasteiger partial charge in [0.2, 0.25) is 11.8 Å². The van der Waals surface area contributed by atoms with E-state index < -0.39 is 29.6 Å². The molecule has 1 atom stereocenters. The lowest BCUT2D eigenvalue weighted by molar-refractivity contribution is -0.141. The van der Waals surface area contributed by atoms with Crippen molar-refractivity contribution >= 4 is 40.5 Å². The van der Waals surface area contributed by atoms with Crippen LogP contribution in [0.25, 0.3) is 32.3 Å². The lowest BCUT2D eigenvalue weighted by Crippen LogP contribution is -2.40. The minimum atomic E-state index is -0.698. The molecule has 0 fully saturated rings. The number of fused-ring (bicyclic) bond motifs is 2. The molecule has 5 rings (SSSR count). The van der Waals surface area contributed by atoms with E-state index in [1.54, 1.807) is 4.90 Å². The summed E-state index contributed by atoms with van der Waals surface area (Å²) in [6.07, 6.45) is 2.27. The minimum absolute atomic E-state index is 0.102. The summed E-state index contributed by atoms with van der Waals surface area (Å²) in [4.78, 5) is 60.3. The van der Waals surface area contributed by atoms with Crippen molar-refractivity contribution in [3.63, 3.8) is 0 Å². The number of carbonyl (C=O) groups excluding carboxylic acids is 4. The molecule has 3 amide bonds. The molecule has 0 aliphatic carbocycles. The average Bonchev–Trinajstić information content (AvgIpc) is 3.32. The Labute approximate surface area is 391 Å². The van der Waals surface area contributed by atoms with E-state index in [9.17, 15) is 19.2 Å². The van der Waals surface area contributed by atoms with Crippen LogP contribution in [0, 0.1) is 0 Å². The van der Waals surface area contributed by atoms with Gasteiger partial charge in [0.05, 0.1) is 79.0 Å². The number of amides is 3. The molecule has 0 radical (unpaired) electrons. The molecule has 3 aromatic carbocycles. The molecule has 18 nitrogen and oxygen atoms in total. The van der Waals surface area contributed by atoms with Crippen molar-refractivity contribution in [2.24, 2.45) is 5.11 Å². The van der Waals surface area contributed by atoms with E-state index in [1.807, 2.05) is 93.6 Å². The van der Waals surface area contributed by atoms with Gasteiger partial charge in [-0.3, -0.25) is 19.3 Å². The highest BCUT2D eigenvalue weighted by atomic mass is 16.6. The molecule has 18 heteroatoms. The van der Waals surface area contributed by atoms with Gasteiger partial charge in [0.25, 0.3) is 0 Å². The highest BCUT2D eigenvalue weighted by Gasteiger charge is 2.29. The number of esters is 1. The molecule has 1 aliphatic rings. The summed E-state index contributed by atoms with van der Waals surface area (Å²) in [5, 5.41) is 10.9. The van der Waals surface area contributed by atoms with Crippen LogP contribution in [0.5, 0.6) is 5.75 Å². The predicted molar refractivity (Wildman–Crippen MR) is 252 cm³/mol. The Hall–Kier alpha value is -6.30. The Morgan fingerprint density at radius 2 is 1.49 bits per heavy atom. The van der Waals surface area contributed by atoms with Crippen molar-refractivity contribution in [2.45, 2.75) is 70.9 Å². The summed E-state index contributed by atoms with van der Waals surface area (Å²) in [5.41, 5.74) is 12.0. The van der Waals surface area contributed by atoms with E-state index in [2.05, 4.69) is 20.7 Å². The number of carbonyl (C=O) groups is 4. The van der Waals surface area contributed by atoms with Crippen molar-refractivity contribution in [3.8, 4) is 16.9 Å². The highest BCUT2D eigenvalue weighted by molar-refractivity contribution is 6.00. The molecule has 360 valence electrons. The fraction of sp³-hybridized carbons (Fsp3) is 0.490. The first kappa shape index (κ1) is 51.7. The van der Waals surface area contributed by atoms with Gasteiger partial charge in [0.15, 0.2) is 0 Å². The summed E-state index contributed by atoms with van der Waals surface area (Å²) < 4.78 is 38.6. The van der Waals surface area contributed by atoms with Gasteiger partial charge in [0.1, 0.15) is 23.8 Å². The SMILES string of the molecule is COC(=O)C[C@H](NC(=O)CNC(=O)CCCc1ccc2c(n1)N(C(=O)OC(C)(C)C)CCC2)c1ccc(-c2ccc(OCCOCCOCCOCCOCCN=[N+]=[N-])c3ccccc23)cc1. The van der Waals surface area contributed by atoms with Gasteiger partial charge in [0, 0.05) is 35.5 Å². The van der Waals surface area contributed by atoms with E-state index in [-0.39, 0.29) is 25.3 Å². The third-order valence-electron chi connectivity index (χ3n) is 10.4. The maximum absolute atomic E-state index is 13.1. The van der Waals surface area contributed by atoms with Crippen LogP contribution in [-0.4, -0.2) is 121 Å². The molecular weight excluding hydrogens is 863 g/mol. The molecule has 2 N–H and O–H groups in total. The van der Waals surface area contributed by atoms with Crippen molar-refractivity contribution in [1.29, 1.82) is 0 Å². The van der Waals surface area contributed by atoms with Gasteiger partial charge >= 0.3 is 12.1 Å². The maximum Gasteiger partial charge on any atom is 0.416 e. The molecule has 2 heterocycles. The van der Waals surface area contributed by atoms with E-state index >= 15 is 0 Å². The molecular formula is C49H63N7O11. The van der Waals surface area contributed by atoms with Gasteiger partial charge < -0.3 is 43.8 Å². The van der Waals surface area contributed by atoms with Gasteiger partial charge in [-0.05, 0) is 91.8 Å². The quantitative estimate of drug-likeness (QED) is 0.0199. The molecule has 0 saturated carbocycles. The number of ether oxygens (including phenoxy) is 7. The molecule has 4 aromatic rings. The van der Waals surface area contributed by atoms with Gasteiger partial charge in [-0.15, -0.1) is 0 Å². The second-order valence-corrected chi connectivity index (χ2v) is 16.6. The van der Waals surface area contributed by atoms with Gasteiger partial charge in [-0.25, -0.2) is 9.78 Å². The zero-order valence-corrected chi connectivity index (χ0v) is 39.0. The molecule has 0 spiro atoms. The number of pyridine rings is 1. The topological polar surface area (TPSA) is 222 Å². The number of aryl methyl sites for hydroxylation is 2. The van der Waals surface area contributed by atoms with Crippen molar-refractivity contribution in [1.82, 2.24) is 15.6 Å². The number of anilines is 1. The Kier molecular flexibility index (Phi) is 21.1. The molecule has 1 aliphatic heterocycles. The fourth-order valence-corrected chi connectivity index (χ4v) is 7.22. The number of hydrogen-bond acceptors (Lipinski definition) is 13. The van der Waals surface area contributed by atoms with Crippen LogP contribution >= 0.6 is 0 Å². The number of hydrogen-bond donors (Lipinski definition) is 2. The molecule has 1 aromatic heterocycles. The Morgan fingerprint density at radius 3 is 2.16 bits per heavy atom. The van der Waals surface area contributed by atoms with Crippen LogP contribution in [0.2, 0.25) is 0 Å². The predicted octanol–water partition coefficient (Wildman–Crippen LogP) is 7.20. The van der Waals surface area contributed by atoms with Crippen molar-refractivity contribution in [2.75, 3.05) is 91.1 Å². The van der Waals surface area contributed by atoms with Crippen LogP contribution in [0.15, 0.2) is 77.9 Å². The van der Waals surface area contributed by atoms with Crippen LogP contribution in [-0.2, 0) is 55.6 Å². The lowest BCUT2D eigenvalue weighted by Gasteiger charge is -2.31. The standard InChI is InChI=1S/C49H63N7O11/c1-49(2,3)67-48(60)56-23-8-9-37-18-19-38(53-47(37)56)10-7-13-44(57)51-34-45(58)54-42(33-46(59)61-4)36-16-14-35(15-17-36)39-20-21-43(41-12-6-5-11-40(39)41)66-32-31-65-30-29-64-28-27-63-26-25-62-24-22-52-55-50/h5-6,11-12,14-21,42H,7-10,13,22-34H2,1-4H3,(H,51,57)(H,54,58)/t42-/m0/s1. The number of nitrogens with one attached hydrogen (secondary N) is 2.